The maximum Gasteiger partial charge on any atom is 0.132 e. The molecular weight excluding hydrogens is 248 g/mol. The summed E-state index contributed by atoms with van der Waals surface area (Å²) in [6.45, 7) is 5.81. The lowest BCUT2D eigenvalue weighted by Gasteiger charge is -2.31. The van der Waals surface area contributed by atoms with E-state index in [1.807, 2.05) is 0 Å². The van der Waals surface area contributed by atoms with Gasteiger partial charge in [-0.05, 0) is 51.0 Å². The number of rotatable bonds is 4. The quantitative estimate of drug-likeness (QED) is 0.915. The van der Waals surface area contributed by atoms with Crippen LogP contribution in [0.3, 0.4) is 0 Å². The van der Waals surface area contributed by atoms with E-state index < -0.39 is 0 Å². The molecule has 0 amide bonds. The van der Waals surface area contributed by atoms with Gasteiger partial charge < -0.3 is 10.2 Å². The van der Waals surface area contributed by atoms with Crippen LogP contribution in [0.5, 0.6) is 0 Å². The standard InChI is InChI=1S/C16H26N4/c1-13-6-9-20(10-7-13)16-11-15(18-12-19-16)5-4-14-3-2-8-17-14/h11-14,17H,2-10H2,1H3/t14-/m1/s1. The normalized spacial score (nSPS) is 24.2. The molecule has 2 aliphatic heterocycles. The van der Waals surface area contributed by atoms with Crippen molar-refractivity contribution in [1.29, 1.82) is 0 Å². The second-order valence-corrected chi connectivity index (χ2v) is 6.37. The Kier molecular flexibility index (Phi) is 4.51. The minimum Gasteiger partial charge on any atom is -0.356 e. The summed E-state index contributed by atoms with van der Waals surface area (Å²) in [5.41, 5.74) is 1.20. The Morgan fingerprint density at radius 3 is 2.85 bits per heavy atom. The molecule has 2 aliphatic rings. The smallest absolute Gasteiger partial charge is 0.132 e. The summed E-state index contributed by atoms with van der Waals surface area (Å²) in [6.07, 6.45) is 9.22. The molecule has 2 fully saturated rings. The van der Waals surface area contributed by atoms with Gasteiger partial charge in [0.15, 0.2) is 0 Å². The van der Waals surface area contributed by atoms with Crippen LogP contribution in [-0.2, 0) is 6.42 Å². The third-order valence-corrected chi connectivity index (χ3v) is 4.73. The fourth-order valence-corrected chi connectivity index (χ4v) is 3.26. The van der Waals surface area contributed by atoms with Gasteiger partial charge in [-0.25, -0.2) is 9.97 Å². The number of aryl methyl sites for hydroxylation is 1. The summed E-state index contributed by atoms with van der Waals surface area (Å²) in [6, 6.07) is 2.90. The maximum atomic E-state index is 4.47. The predicted molar refractivity (Wildman–Crippen MR) is 82.0 cm³/mol. The van der Waals surface area contributed by atoms with E-state index in [4.69, 9.17) is 0 Å². The average molecular weight is 274 g/mol. The molecule has 0 spiro atoms. The summed E-state index contributed by atoms with van der Waals surface area (Å²) in [5.74, 6) is 1.99. The van der Waals surface area contributed by atoms with Gasteiger partial charge in [-0.2, -0.15) is 0 Å². The van der Waals surface area contributed by atoms with E-state index in [1.165, 1.54) is 44.3 Å². The molecule has 0 aromatic carbocycles. The molecule has 20 heavy (non-hydrogen) atoms. The lowest BCUT2D eigenvalue weighted by molar-refractivity contribution is 0.436. The molecule has 3 heterocycles. The molecule has 0 aliphatic carbocycles. The lowest BCUT2D eigenvalue weighted by Crippen LogP contribution is -2.33. The summed E-state index contributed by atoms with van der Waals surface area (Å²) >= 11 is 0. The van der Waals surface area contributed by atoms with Gasteiger partial charge >= 0.3 is 0 Å². The van der Waals surface area contributed by atoms with Gasteiger partial charge in [-0.3, -0.25) is 0 Å². The molecule has 0 radical (unpaired) electrons. The Morgan fingerprint density at radius 1 is 1.25 bits per heavy atom. The first kappa shape index (κ1) is 13.8. The highest BCUT2D eigenvalue weighted by Crippen LogP contribution is 2.22. The third-order valence-electron chi connectivity index (χ3n) is 4.73. The molecule has 2 saturated heterocycles. The second kappa shape index (κ2) is 6.53. The van der Waals surface area contributed by atoms with Gasteiger partial charge in [-0.15, -0.1) is 0 Å². The average Bonchev–Trinajstić information content (AvgIpc) is 3.00. The van der Waals surface area contributed by atoms with Crippen molar-refractivity contribution < 1.29 is 0 Å². The van der Waals surface area contributed by atoms with E-state index in [0.717, 1.165) is 31.2 Å². The van der Waals surface area contributed by atoms with E-state index in [1.54, 1.807) is 6.33 Å². The van der Waals surface area contributed by atoms with Crippen LogP contribution >= 0.6 is 0 Å². The van der Waals surface area contributed by atoms with E-state index in [9.17, 15) is 0 Å². The Bertz CT molecular complexity index is 420. The molecule has 0 unspecified atom stereocenters. The minimum absolute atomic E-state index is 0.698. The third kappa shape index (κ3) is 3.48. The zero-order valence-electron chi connectivity index (χ0n) is 12.5. The fourth-order valence-electron chi connectivity index (χ4n) is 3.26. The van der Waals surface area contributed by atoms with Crippen LogP contribution in [0.2, 0.25) is 0 Å². The van der Waals surface area contributed by atoms with Crippen molar-refractivity contribution in [3.05, 3.63) is 18.1 Å². The van der Waals surface area contributed by atoms with Crippen molar-refractivity contribution >= 4 is 5.82 Å². The zero-order valence-corrected chi connectivity index (χ0v) is 12.5. The molecule has 1 aromatic rings. The molecule has 0 saturated carbocycles. The van der Waals surface area contributed by atoms with Crippen LogP contribution < -0.4 is 10.2 Å². The molecule has 4 nitrogen and oxygen atoms in total. The Labute approximate surface area is 122 Å². The minimum atomic E-state index is 0.698. The van der Waals surface area contributed by atoms with Gasteiger partial charge in [0, 0.05) is 30.9 Å². The number of anilines is 1. The van der Waals surface area contributed by atoms with E-state index in [0.29, 0.717) is 6.04 Å². The van der Waals surface area contributed by atoms with Gasteiger partial charge in [0.05, 0.1) is 0 Å². The van der Waals surface area contributed by atoms with Crippen molar-refractivity contribution in [1.82, 2.24) is 15.3 Å². The first-order valence-corrected chi connectivity index (χ1v) is 8.10. The first-order chi connectivity index (χ1) is 9.81. The molecule has 0 bridgehead atoms. The molecule has 1 atom stereocenters. The second-order valence-electron chi connectivity index (χ2n) is 6.37. The Balaban J connectivity index is 1.57. The highest BCUT2D eigenvalue weighted by Gasteiger charge is 2.18. The molecule has 110 valence electrons. The Morgan fingerprint density at radius 2 is 2.10 bits per heavy atom. The van der Waals surface area contributed by atoms with Crippen LogP contribution in [-0.4, -0.2) is 35.6 Å². The number of aromatic nitrogens is 2. The lowest BCUT2D eigenvalue weighted by atomic mass is 9.99. The largest absolute Gasteiger partial charge is 0.356 e. The van der Waals surface area contributed by atoms with Gasteiger partial charge in [0.2, 0.25) is 0 Å². The number of hydrogen-bond donors (Lipinski definition) is 1. The topological polar surface area (TPSA) is 41.0 Å². The number of nitrogens with one attached hydrogen (secondary N) is 1. The van der Waals surface area contributed by atoms with Gasteiger partial charge in [0.25, 0.3) is 0 Å². The van der Waals surface area contributed by atoms with Gasteiger partial charge in [0.1, 0.15) is 12.1 Å². The van der Waals surface area contributed by atoms with Crippen molar-refractivity contribution in [3.8, 4) is 0 Å². The summed E-state index contributed by atoms with van der Waals surface area (Å²) < 4.78 is 0. The van der Waals surface area contributed by atoms with Crippen LogP contribution in [0, 0.1) is 5.92 Å². The summed E-state index contributed by atoms with van der Waals surface area (Å²) in [4.78, 5) is 11.3. The number of piperidine rings is 1. The highest BCUT2D eigenvalue weighted by atomic mass is 15.2. The molecule has 4 heteroatoms. The molecule has 1 N–H and O–H groups in total. The maximum absolute atomic E-state index is 4.47. The monoisotopic (exact) mass is 274 g/mol. The summed E-state index contributed by atoms with van der Waals surface area (Å²) in [5, 5.41) is 3.56. The van der Waals surface area contributed by atoms with E-state index in [2.05, 4.69) is 33.2 Å². The van der Waals surface area contributed by atoms with E-state index >= 15 is 0 Å². The zero-order chi connectivity index (χ0) is 13.8. The number of nitrogens with zero attached hydrogens (tertiary/aromatic N) is 3. The van der Waals surface area contributed by atoms with Gasteiger partial charge in [-0.1, -0.05) is 6.92 Å². The van der Waals surface area contributed by atoms with Crippen LogP contribution in [0.25, 0.3) is 0 Å². The van der Waals surface area contributed by atoms with Crippen LogP contribution in [0.15, 0.2) is 12.4 Å². The molecular formula is C16H26N4. The highest BCUT2D eigenvalue weighted by molar-refractivity contribution is 5.39. The van der Waals surface area contributed by atoms with E-state index in [-0.39, 0.29) is 0 Å². The van der Waals surface area contributed by atoms with Crippen molar-refractivity contribution in [2.24, 2.45) is 5.92 Å². The molecule has 1 aromatic heterocycles. The number of hydrogen-bond acceptors (Lipinski definition) is 4. The first-order valence-electron chi connectivity index (χ1n) is 8.10. The molecule has 3 rings (SSSR count). The fraction of sp³-hybridized carbons (Fsp3) is 0.750. The van der Waals surface area contributed by atoms with Crippen molar-refractivity contribution in [3.63, 3.8) is 0 Å². The van der Waals surface area contributed by atoms with Crippen molar-refractivity contribution in [2.45, 2.75) is 51.5 Å². The summed E-state index contributed by atoms with van der Waals surface area (Å²) in [7, 11) is 0. The predicted octanol–water partition coefficient (Wildman–Crippen LogP) is 2.40. The van der Waals surface area contributed by atoms with Crippen LogP contribution in [0.4, 0.5) is 5.82 Å². The Hall–Kier alpha value is -1.16. The SMILES string of the molecule is CC1CCN(c2cc(CC[C@H]3CCCN3)ncn2)CC1. The van der Waals surface area contributed by atoms with Crippen LogP contribution in [0.1, 0.15) is 44.7 Å². The van der Waals surface area contributed by atoms with Crippen molar-refractivity contribution in [2.75, 3.05) is 24.5 Å².